The van der Waals surface area contributed by atoms with Gasteiger partial charge >= 0.3 is 6.09 Å². The van der Waals surface area contributed by atoms with Gasteiger partial charge < -0.3 is 25.6 Å². The van der Waals surface area contributed by atoms with Crippen LogP contribution >= 0.6 is 0 Å². The topological polar surface area (TPSA) is 93.8 Å². The lowest BCUT2D eigenvalue weighted by Crippen LogP contribution is -2.62. The maximum atomic E-state index is 12.8. The van der Waals surface area contributed by atoms with Gasteiger partial charge in [0.2, 0.25) is 0 Å². The number of hydrogen-bond donors (Lipinski definition) is 3. The van der Waals surface area contributed by atoms with Crippen LogP contribution in [0.1, 0.15) is 37.5 Å². The van der Waals surface area contributed by atoms with Crippen molar-refractivity contribution in [3.05, 3.63) is 102 Å². The van der Waals surface area contributed by atoms with Gasteiger partial charge in [-0.1, -0.05) is 72.8 Å². The van der Waals surface area contributed by atoms with Gasteiger partial charge in [0.05, 0.1) is 11.6 Å². The second kappa shape index (κ2) is 11.9. The third kappa shape index (κ3) is 8.12. The molecule has 6 heteroatoms. The van der Waals surface area contributed by atoms with Gasteiger partial charge in [0.25, 0.3) is 0 Å². The Balaban J connectivity index is 1.83. The number of amides is 1. The molecule has 0 fully saturated rings. The highest BCUT2D eigenvalue weighted by atomic mass is 16.6. The molecule has 3 rings (SSSR count). The van der Waals surface area contributed by atoms with Crippen molar-refractivity contribution < 1.29 is 19.4 Å². The van der Waals surface area contributed by atoms with E-state index in [-0.39, 0.29) is 6.54 Å². The van der Waals surface area contributed by atoms with Crippen LogP contribution in [0.3, 0.4) is 0 Å². The normalized spacial score (nSPS) is 14.0. The van der Waals surface area contributed by atoms with Crippen molar-refractivity contribution in [2.45, 2.75) is 57.5 Å². The molecule has 0 aliphatic rings. The largest absolute Gasteiger partial charge is 0.489 e. The van der Waals surface area contributed by atoms with Crippen LogP contribution in [-0.2, 0) is 24.2 Å². The minimum atomic E-state index is -1.06. The van der Waals surface area contributed by atoms with Crippen LogP contribution in [0, 0.1) is 0 Å². The predicted molar refractivity (Wildman–Crippen MR) is 138 cm³/mol. The Hall–Kier alpha value is -3.35. The molecule has 186 valence electrons. The van der Waals surface area contributed by atoms with Gasteiger partial charge in [-0.05, 0) is 62.4 Å². The molecule has 35 heavy (non-hydrogen) atoms. The van der Waals surface area contributed by atoms with Crippen molar-refractivity contribution in [1.82, 2.24) is 5.32 Å². The van der Waals surface area contributed by atoms with E-state index in [0.29, 0.717) is 19.4 Å². The molecule has 0 heterocycles. The average molecular weight is 477 g/mol. The molecule has 4 N–H and O–H groups in total. The Morgan fingerprint density at radius 2 is 1.37 bits per heavy atom. The van der Waals surface area contributed by atoms with Gasteiger partial charge in [0.15, 0.2) is 0 Å². The molecule has 0 spiro atoms. The van der Waals surface area contributed by atoms with E-state index in [1.165, 1.54) is 0 Å². The van der Waals surface area contributed by atoms with Crippen LogP contribution in [0.2, 0.25) is 0 Å². The van der Waals surface area contributed by atoms with Crippen molar-refractivity contribution in [2.24, 2.45) is 5.73 Å². The average Bonchev–Trinajstić information content (AvgIpc) is 2.83. The Labute approximate surface area is 208 Å². The number of benzene rings is 3. The van der Waals surface area contributed by atoms with E-state index < -0.39 is 23.3 Å². The molecule has 0 radical (unpaired) electrons. The van der Waals surface area contributed by atoms with Crippen LogP contribution in [-0.4, -0.2) is 35.0 Å². The zero-order valence-corrected chi connectivity index (χ0v) is 20.7. The monoisotopic (exact) mass is 476 g/mol. The highest BCUT2D eigenvalue weighted by Crippen LogP contribution is 2.26. The molecule has 2 atom stereocenters. The predicted octanol–water partition coefficient (Wildman–Crippen LogP) is 4.63. The van der Waals surface area contributed by atoms with Crippen LogP contribution in [0.5, 0.6) is 5.75 Å². The first-order valence-electron chi connectivity index (χ1n) is 11.9. The van der Waals surface area contributed by atoms with Crippen LogP contribution < -0.4 is 15.8 Å². The van der Waals surface area contributed by atoms with Crippen molar-refractivity contribution in [1.29, 1.82) is 0 Å². The molecule has 3 aromatic carbocycles. The quantitative estimate of drug-likeness (QED) is 0.397. The Morgan fingerprint density at radius 3 is 1.89 bits per heavy atom. The first-order valence-corrected chi connectivity index (χ1v) is 11.9. The lowest BCUT2D eigenvalue weighted by atomic mass is 9.80. The summed E-state index contributed by atoms with van der Waals surface area (Å²) in [5.74, 6) is 0.741. The van der Waals surface area contributed by atoms with Gasteiger partial charge in [-0.2, -0.15) is 0 Å². The Kier molecular flexibility index (Phi) is 8.90. The Bertz CT molecular complexity index is 1050. The van der Waals surface area contributed by atoms with Crippen LogP contribution in [0.4, 0.5) is 4.79 Å². The number of aliphatic hydroxyl groups is 1. The van der Waals surface area contributed by atoms with Gasteiger partial charge in [0, 0.05) is 6.54 Å². The number of alkyl carbamates (subject to hydrolysis) is 1. The molecule has 0 unspecified atom stereocenters. The molecule has 3 aromatic rings. The smallest absolute Gasteiger partial charge is 0.408 e. The number of rotatable bonds is 10. The van der Waals surface area contributed by atoms with Crippen molar-refractivity contribution >= 4 is 6.09 Å². The fraction of sp³-hybridized carbons (Fsp3) is 0.345. The summed E-state index contributed by atoms with van der Waals surface area (Å²) in [5.41, 5.74) is 7.18. The van der Waals surface area contributed by atoms with Crippen molar-refractivity contribution in [2.75, 3.05) is 6.54 Å². The summed E-state index contributed by atoms with van der Waals surface area (Å²) in [6.07, 6.45) is -0.844. The highest BCUT2D eigenvalue weighted by Gasteiger charge is 2.40. The summed E-state index contributed by atoms with van der Waals surface area (Å²) in [5, 5.41) is 14.1. The second-order valence-corrected chi connectivity index (χ2v) is 9.79. The van der Waals surface area contributed by atoms with E-state index >= 15 is 0 Å². The lowest BCUT2D eigenvalue weighted by molar-refractivity contribution is 0.0228. The molecular formula is C29H36N2O4. The van der Waals surface area contributed by atoms with E-state index in [0.717, 1.165) is 22.4 Å². The number of nitrogens with one attached hydrogen (secondary N) is 1. The zero-order valence-electron chi connectivity index (χ0n) is 20.7. The highest BCUT2D eigenvalue weighted by molar-refractivity contribution is 5.69. The number of hydrogen-bond acceptors (Lipinski definition) is 5. The third-order valence-corrected chi connectivity index (χ3v) is 5.66. The summed E-state index contributed by atoms with van der Waals surface area (Å²) < 4.78 is 11.4. The van der Waals surface area contributed by atoms with E-state index in [9.17, 15) is 9.90 Å². The first kappa shape index (κ1) is 26.3. The minimum absolute atomic E-state index is 0.0130. The number of nitrogens with two attached hydrogens (primary N) is 1. The molecule has 0 aliphatic heterocycles. The van der Waals surface area contributed by atoms with Crippen LogP contribution in [0.25, 0.3) is 0 Å². The van der Waals surface area contributed by atoms with Gasteiger partial charge in [-0.3, -0.25) is 0 Å². The first-order chi connectivity index (χ1) is 16.7. The number of carbonyl (C=O) groups excluding carboxylic acids is 1. The number of aliphatic hydroxyl groups excluding tert-OH is 1. The molecule has 6 nitrogen and oxygen atoms in total. The fourth-order valence-corrected chi connectivity index (χ4v) is 3.97. The standard InChI is InChI=1S/C29H36N2O4/c1-28(2,3)35-27(33)31-29(26(32)20-30,18-22-10-6-4-7-11-22)19-23-14-16-25(17-15-23)34-21-24-12-8-5-9-13-24/h4-17,26,32H,18-21,30H2,1-3H3,(H,31,33)/t26-,29+/m1/s1. The second-order valence-electron chi connectivity index (χ2n) is 9.79. The summed E-state index contributed by atoms with van der Waals surface area (Å²) >= 11 is 0. The molecule has 0 saturated carbocycles. The summed E-state index contributed by atoms with van der Waals surface area (Å²) in [4.78, 5) is 12.8. The maximum Gasteiger partial charge on any atom is 0.408 e. The third-order valence-electron chi connectivity index (χ3n) is 5.66. The SMILES string of the molecule is CC(C)(C)OC(=O)N[C@@](Cc1ccccc1)(Cc1ccc(OCc2ccccc2)cc1)[C@H](O)CN. The molecule has 0 bridgehead atoms. The Morgan fingerprint density at radius 1 is 0.857 bits per heavy atom. The van der Waals surface area contributed by atoms with Gasteiger partial charge in [-0.25, -0.2) is 4.79 Å². The summed E-state index contributed by atoms with van der Waals surface area (Å²) in [6, 6.07) is 27.4. The summed E-state index contributed by atoms with van der Waals surface area (Å²) in [7, 11) is 0. The van der Waals surface area contributed by atoms with Crippen molar-refractivity contribution in [3.63, 3.8) is 0 Å². The summed E-state index contributed by atoms with van der Waals surface area (Å²) in [6.45, 7) is 5.88. The molecule has 0 saturated heterocycles. The van der Waals surface area contributed by atoms with E-state index in [2.05, 4.69) is 5.32 Å². The van der Waals surface area contributed by atoms with E-state index in [4.69, 9.17) is 15.2 Å². The molecule has 0 aromatic heterocycles. The number of carbonyl (C=O) groups is 1. The van der Waals surface area contributed by atoms with Gasteiger partial charge in [-0.15, -0.1) is 0 Å². The maximum absolute atomic E-state index is 12.8. The zero-order chi connectivity index (χ0) is 25.3. The van der Waals surface area contributed by atoms with E-state index in [1.54, 1.807) is 20.8 Å². The minimum Gasteiger partial charge on any atom is -0.489 e. The molecular weight excluding hydrogens is 440 g/mol. The van der Waals surface area contributed by atoms with Gasteiger partial charge in [0.1, 0.15) is 18.0 Å². The van der Waals surface area contributed by atoms with E-state index in [1.807, 2.05) is 84.9 Å². The molecule has 1 amide bonds. The van der Waals surface area contributed by atoms with Crippen molar-refractivity contribution in [3.8, 4) is 5.75 Å². The van der Waals surface area contributed by atoms with Crippen LogP contribution in [0.15, 0.2) is 84.9 Å². The number of ether oxygens (including phenoxy) is 2. The fourth-order valence-electron chi connectivity index (χ4n) is 3.97. The lowest BCUT2D eigenvalue weighted by Gasteiger charge is -2.39. The molecule has 0 aliphatic carbocycles.